The predicted octanol–water partition coefficient (Wildman–Crippen LogP) is 3.88. The maximum absolute atomic E-state index is 13.4. The molecule has 0 spiro atoms. The number of anilines is 1. The molecule has 1 atom stereocenters. The molecule has 0 saturated carbocycles. The Labute approximate surface area is 153 Å². The molecule has 0 fully saturated rings. The summed E-state index contributed by atoms with van der Waals surface area (Å²) in [6.07, 6.45) is 0. The zero-order valence-corrected chi connectivity index (χ0v) is 14.3. The highest BCUT2D eigenvalue weighted by Gasteiger charge is 2.31. The average molecular weight is 378 g/mol. The molecule has 0 unspecified atom stereocenters. The van der Waals surface area contributed by atoms with Crippen LogP contribution in [0.25, 0.3) is 0 Å². The number of allylic oxidation sites excluding steroid dienone is 1. The van der Waals surface area contributed by atoms with Crippen LogP contribution in [0.3, 0.4) is 0 Å². The number of hydrogen-bond acceptors (Lipinski definition) is 2. The number of halogens is 3. The molecule has 26 heavy (non-hydrogen) atoms. The van der Waals surface area contributed by atoms with Gasteiger partial charge in [-0.05, 0) is 36.8 Å². The normalized spacial score (nSPS) is 16.8. The van der Waals surface area contributed by atoms with Gasteiger partial charge in [0, 0.05) is 22.5 Å². The van der Waals surface area contributed by atoms with Crippen molar-refractivity contribution in [1.82, 2.24) is 10.6 Å². The van der Waals surface area contributed by atoms with Gasteiger partial charge in [-0.1, -0.05) is 23.7 Å². The van der Waals surface area contributed by atoms with Crippen LogP contribution < -0.4 is 16.0 Å². The molecule has 2 aromatic carbocycles. The largest absolute Gasteiger partial charge is 0.327 e. The third kappa shape index (κ3) is 3.67. The topological polar surface area (TPSA) is 70.2 Å². The van der Waals surface area contributed by atoms with E-state index in [0.29, 0.717) is 16.3 Å². The van der Waals surface area contributed by atoms with Crippen molar-refractivity contribution >= 4 is 29.2 Å². The van der Waals surface area contributed by atoms with Gasteiger partial charge in [0.25, 0.3) is 5.91 Å². The lowest BCUT2D eigenvalue weighted by atomic mass is 9.95. The van der Waals surface area contributed by atoms with Gasteiger partial charge in [0.1, 0.15) is 0 Å². The van der Waals surface area contributed by atoms with Crippen LogP contribution in [0.1, 0.15) is 18.5 Å². The minimum Gasteiger partial charge on any atom is -0.327 e. The molecule has 8 heteroatoms. The summed E-state index contributed by atoms with van der Waals surface area (Å²) in [5.74, 6) is -2.64. The Morgan fingerprint density at radius 3 is 2.46 bits per heavy atom. The van der Waals surface area contributed by atoms with Crippen LogP contribution in [0.4, 0.5) is 19.3 Å². The zero-order chi connectivity index (χ0) is 18.8. The van der Waals surface area contributed by atoms with Gasteiger partial charge in [0.05, 0.1) is 11.6 Å². The molecule has 0 radical (unpaired) electrons. The SMILES string of the molecule is CC1=C(C(=O)Nc2ccc(F)c(F)c2)[C@@H](c2ccc(Cl)cc2)NC(=O)N1. The van der Waals surface area contributed by atoms with E-state index in [1.807, 2.05) is 0 Å². The van der Waals surface area contributed by atoms with E-state index < -0.39 is 29.6 Å². The second-order valence-electron chi connectivity index (χ2n) is 5.70. The highest BCUT2D eigenvalue weighted by Crippen LogP contribution is 2.28. The molecule has 0 saturated heterocycles. The van der Waals surface area contributed by atoms with E-state index in [0.717, 1.165) is 12.1 Å². The molecule has 1 heterocycles. The van der Waals surface area contributed by atoms with Crippen LogP contribution in [0.5, 0.6) is 0 Å². The van der Waals surface area contributed by atoms with Crippen LogP contribution >= 0.6 is 11.6 Å². The molecule has 5 nitrogen and oxygen atoms in total. The first kappa shape index (κ1) is 17.9. The Balaban J connectivity index is 1.93. The number of carbonyl (C=O) groups is 2. The molecule has 1 aliphatic rings. The highest BCUT2D eigenvalue weighted by atomic mass is 35.5. The number of hydrogen-bond donors (Lipinski definition) is 3. The molecule has 3 N–H and O–H groups in total. The molecule has 0 bridgehead atoms. The summed E-state index contributed by atoms with van der Waals surface area (Å²) in [5, 5.41) is 8.24. The first-order valence-corrected chi connectivity index (χ1v) is 8.03. The van der Waals surface area contributed by atoms with Gasteiger partial charge < -0.3 is 16.0 Å². The van der Waals surface area contributed by atoms with Crippen LogP contribution in [0, 0.1) is 11.6 Å². The van der Waals surface area contributed by atoms with Crippen LogP contribution in [-0.2, 0) is 4.79 Å². The number of urea groups is 1. The van der Waals surface area contributed by atoms with E-state index in [4.69, 9.17) is 11.6 Å². The van der Waals surface area contributed by atoms with E-state index in [-0.39, 0.29) is 11.3 Å². The van der Waals surface area contributed by atoms with Gasteiger partial charge >= 0.3 is 6.03 Å². The van der Waals surface area contributed by atoms with Crippen molar-refractivity contribution in [3.05, 3.63) is 76.0 Å². The molecular formula is C18H14ClF2N3O2. The van der Waals surface area contributed by atoms with Crippen LogP contribution in [0.2, 0.25) is 5.02 Å². The minimum absolute atomic E-state index is 0.0981. The fourth-order valence-corrected chi connectivity index (χ4v) is 2.80. The fourth-order valence-electron chi connectivity index (χ4n) is 2.67. The van der Waals surface area contributed by atoms with E-state index in [2.05, 4.69) is 16.0 Å². The maximum atomic E-state index is 13.4. The Kier molecular flexibility index (Phi) is 4.90. The van der Waals surface area contributed by atoms with Crippen molar-refractivity contribution < 1.29 is 18.4 Å². The first-order valence-electron chi connectivity index (χ1n) is 7.65. The molecule has 3 rings (SSSR count). The van der Waals surface area contributed by atoms with Gasteiger partial charge in [-0.2, -0.15) is 0 Å². The average Bonchev–Trinajstić information content (AvgIpc) is 2.58. The lowest BCUT2D eigenvalue weighted by Gasteiger charge is -2.28. The van der Waals surface area contributed by atoms with Gasteiger partial charge in [0.2, 0.25) is 0 Å². The fraction of sp³-hybridized carbons (Fsp3) is 0.111. The van der Waals surface area contributed by atoms with E-state index in [9.17, 15) is 18.4 Å². The number of benzene rings is 2. The summed E-state index contributed by atoms with van der Waals surface area (Å²) in [4.78, 5) is 24.6. The Hall–Kier alpha value is -2.93. The van der Waals surface area contributed by atoms with Crippen molar-refractivity contribution in [1.29, 1.82) is 0 Å². The highest BCUT2D eigenvalue weighted by molar-refractivity contribution is 6.30. The Morgan fingerprint density at radius 1 is 1.12 bits per heavy atom. The second-order valence-corrected chi connectivity index (χ2v) is 6.14. The molecule has 3 amide bonds. The monoisotopic (exact) mass is 377 g/mol. The second kappa shape index (κ2) is 7.13. The predicted molar refractivity (Wildman–Crippen MR) is 93.5 cm³/mol. The van der Waals surface area contributed by atoms with Gasteiger partial charge in [0.15, 0.2) is 11.6 Å². The third-order valence-corrected chi connectivity index (χ3v) is 4.15. The Morgan fingerprint density at radius 2 is 1.81 bits per heavy atom. The van der Waals surface area contributed by atoms with Crippen molar-refractivity contribution in [2.75, 3.05) is 5.32 Å². The first-order chi connectivity index (χ1) is 12.3. The van der Waals surface area contributed by atoms with E-state index in [1.54, 1.807) is 31.2 Å². The lowest BCUT2D eigenvalue weighted by Crippen LogP contribution is -2.45. The van der Waals surface area contributed by atoms with E-state index >= 15 is 0 Å². The van der Waals surface area contributed by atoms with Crippen molar-refractivity contribution in [2.45, 2.75) is 13.0 Å². The molecule has 1 aliphatic heterocycles. The standard InChI is InChI=1S/C18H14ClF2N3O2/c1-9-15(17(25)23-12-6-7-13(20)14(21)8-12)16(24-18(26)22-9)10-2-4-11(19)5-3-10/h2-8,16H,1H3,(H,23,25)(H2,22,24,26)/t16-/m1/s1. The summed E-state index contributed by atoms with van der Waals surface area (Å²) in [6.45, 7) is 1.59. The minimum atomic E-state index is -1.07. The zero-order valence-electron chi connectivity index (χ0n) is 13.6. The van der Waals surface area contributed by atoms with Gasteiger partial charge in [-0.15, -0.1) is 0 Å². The van der Waals surface area contributed by atoms with Gasteiger partial charge in [-0.25, -0.2) is 13.6 Å². The lowest BCUT2D eigenvalue weighted by molar-refractivity contribution is -0.113. The third-order valence-electron chi connectivity index (χ3n) is 3.89. The number of rotatable bonds is 3. The van der Waals surface area contributed by atoms with Crippen molar-refractivity contribution in [2.24, 2.45) is 0 Å². The molecular weight excluding hydrogens is 364 g/mol. The Bertz CT molecular complexity index is 913. The quantitative estimate of drug-likeness (QED) is 0.759. The number of nitrogens with one attached hydrogen (secondary N) is 3. The molecule has 0 aromatic heterocycles. The number of carbonyl (C=O) groups excluding carboxylic acids is 2. The van der Waals surface area contributed by atoms with Crippen LogP contribution in [0.15, 0.2) is 53.7 Å². The van der Waals surface area contributed by atoms with Crippen molar-refractivity contribution in [3.63, 3.8) is 0 Å². The molecule has 2 aromatic rings. The summed E-state index contributed by atoms with van der Waals surface area (Å²) in [5.41, 5.74) is 1.35. The van der Waals surface area contributed by atoms with Crippen molar-refractivity contribution in [3.8, 4) is 0 Å². The summed E-state index contributed by atoms with van der Waals surface area (Å²) < 4.78 is 26.4. The summed E-state index contributed by atoms with van der Waals surface area (Å²) >= 11 is 5.88. The number of amides is 3. The van der Waals surface area contributed by atoms with E-state index in [1.165, 1.54) is 6.07 Å². The molecule has 0 aliphatic carbocycles. The smallest absolute Gasteiger partial charge is 0.319 e. The summed E-state index contributed by atoms with van der Waals surface area (Å²) in [6, 6.07) is 8.56. The van der Waals surface area contributed by atoms with Gasteiger partial charge in [-0.3, -0.25) is 4.79 Å². The van der Waals surface area contributed by atoms with Crippen LogP contribution in [-0.4, -0.2) is 11.9 Å². The molecule has 134 valence electrons. The maximum Gasteiger partial charge on any atom is 0.319 e. The summed E-state index contributed by atoms with van der Waals surface area (Å²) in [7, 11) is 0.